The third-order valence-electron chi connectivity index (χ3n) is 11.4. The monoisotopic (exact) mass is 655 g/mol. The number of hydrogen-bond acceptors (Lipinski definition) is 5. The molecule has 0 radical (unpaired) electrons. The smallest absolute Gasteiger partial charge is 0.374 e. The van der Waals surface area contributed by atoms with Crippen LogP contribution >= 0.6 is 0 Å². The van der Waals surface area contributed by atoms with E-state index in [1.54, 1.807) is 12.4 Å². The summed E-state index contributed by atoms with van der Waals surface area (Å²) in [5.74, 6) is 0.450. The average Bonchev–Trinajstić information content (AvgIpc) is 3.60. The van der Waals surface area contributed by atoms with Gasteiger partial charge in [-0.1, -0.05) is 42.5 Å². The number of rotatable bonds is 9. The van der Waals surface area contributed by atoms with Gasteiger partial charge in [0, 0.05) is 30.4 Å². The molecule has 0 unspecified atom stereocenters. The second kappa shape index (κ2) is 11.3. The van der Waals surface area contributed by atoms with Crippen molar-refractivity contribution in [2.75, 3.05) is 4.90 Å². The van der Waals surface area contributed by atoms with E-state index in [2.05, 4.69) is 34.6 Å². The number of nitrogens with one attached hydrogen (secondary N) is 1. The van der Waals surface area contributed by atoms with Crippen molar-refractivity contribution in [3.63, 3.8) is 0 Å². The van der Waals surface area contributed by atoms with E-state index in [1.165, 1.54) is 11.0 Å². The van der Waals surface area contributed by atoms with Gasteiger partial charge in [0.2, 0.25) is 0 Å². The molecule has 0 atom stereocenters. The van der Waals surface area contributed by atoms with Crippen LogP contribution in [-0.4, -0.2) is 32.3 Å². The summed E-state index contributed by atoms with van der Waals surface area (Å²) in [6, 6.07) is 20.8. The lowest BCUT2D eigenvalue weighted by Crippen LogP contribution is -2.59. The second-order valence-electron chi connectivity index (χ2n) is 14.9. The lowest BCUT2D eigenvalue weighted by atomic mass is 9.42. The lowest BCUT2D eigenvalue weighted by Gasteiger charge is -2.63. The molecule has 4 aromatic rings. The van der Waals surface area contributed by atoms with Gasteiger partial charge in [0.15, 0.2) is 0 Å². The van der Waals surface area contributed by atoms with Crippen LogP contribution < -0.4 is 10.2 Å². The van der Waals surface area contributed by atoms with E-state index in [0.717, 1.165) is 61.9 Å². The van der Waals surface area contributed by atoms with E-state index >= 15 is 0 Å². The Morgan fingerprint density at radius 1 is 1.00 bits per heavy atom. The maximum Gasteiger partial charge on any atom is 0.416 e. The van der Waals surface area contributed by atoms with Crippen molar-refractivity contribution in [3.05, 3.63) is 112 Å². The highest BCUT2D eigenvalue weighted by Crippen LogP contribution is 2.67. The summed E-state index contributed by atoms with van der Waals surface area (Å²) in [5.41, 5.74) is 2.30. The fourth-order valence-electron chi connectivity index (χ4n) is 8.74. The fraction of sp³-hybridized carbons (Fsp3) is 0.447. The van der Waals surface area contributed by atoms with E-state index in [-0.39, 0.29) is 41.3 Å². The molecule has 3 fully saturated rings. The highest BCUT2D eigenvalue weighted by atomic mass is 19.4. The van der Waals surface area contributed by atoms with Crippen LogP contribution in [0, 0.1) is 5.41 Å². The average molecular weight is 656 g/mol. The summed E-state index contributed by atoms with van der Waals surface area (Å²) in [5, 5.41) is 12.2. The highest BCUT2D eigenvalue weighted by molar-refractivity contribution is 6.10. The molecule has 48 heavy (non-hydrogen) atoms. The Labute approximate surface area is 278 Å². The first-order valence-corrected chi connectivity index (χ1v) is 16.9. The Kier molecular flexibility index (Phi) is 7.34. The number of benzene rings is 3. The first kappa shape index (κ1) is 31.3. The predicted octanol–water partition coefficient (Wildman–Crippen LogP) is 7.47. The Morgan fingerprint density at radius 3 is 2.44 bits per heavy atom. The normalized spacial score (nSPS) is 25.8. The van der Waals surface area contributed by atoms with E-state index in [4.69, 9.17) is 4.74 Å². The van der Waals surface area contributed by atoms with Gasteiger partial charge in [0.25, 0.3) is 5.91 Å². The zero-order chi connectivity index (χ0) is 33.3. The number of carbonyl (C=O) groups excluding carboxylic acids is 1. The van der Waals surface area contributed by atoms with Crippen LogP contribution in [0.4, 0.5) is 18.9 Å². The number of aryl methyl sites for hydroxylation is 1. The first-order valence-electron chi connectivity index (χ1n) is 16.9. The number of carbonyl (C=O) groups is 1. The molecule has 250 valence electrons. The van der Waals surface area contributed by atoms with Crippen molar-refractivity contribution in [2.45, 2.75) is 94.8 Å². The molecule has 2 heterocycles. The molecule has 3 saturated carbocycles. The molecule has 4 aliphatic rings. The quantitative estimate of drug-likeness (QED) is 0.203. The summed E-state index contributed by atoms with van der Waals surface area (Å²) >= 11 is 0. The number of hydrogen-bond donors (Lipinski definition) is 1. The van der Waals surface area contributed by atoms with Crippen molar-refractivity contribution < 1.29 is 22.7 Å². The van der Waals surface area contributed by atoms with Gasteiger partial charge in [-0.2, -0.15) is 13.2 Å². The van der Waals surface area contributed by atoms with E-state index in [0.29, 0.717) is 17.9 Å². The van der Waals surface area contributed by atoms with Crippen LogP contribution in [0.1, 0.15) is 95.9 Å². The minimum Gasteiger partial charge on any atom is -0.374 e. The van der Waals surface area contributed by atoms with Crippen molar-refractivity contribution in [1.29, 1.82) is 0 Å². The van der Waals surface area contributed by atoms with E-state index < -0.39 is 23.1 Å². The molecular formula is C38H40F3N5O2. The lowest BCUT2D eigenvalue weighted by molar-refractivity contribution is -0.147. The molecule has 1 N–H and O–H groups in total. The van der Waals surface area contributed by atoms with Crippen molar-refractivity contribution in [1.82, 2.24) is 20.1 Å². The molecule has 0 saturated heterocycles. The third kappa shape index (κ3) is 5.33. The van der Waals surface area contributed by atoms with Gasteiger partial charge in [-0.05, 0) is 104 Å². The van der Waals surface area contributed by atoms with Gasteiger partial charge in [0.05, 0.1) is 30.2 Å². The number of fused-ring (bicyclic) bond motifs is 1. The number of aromatic nitrogens is 3. The summed E-state index contributed by atoms with van der Waals surface area (Å²) in [4.78, 5) is 15.4. The maximum absolute atomic E-state index is 14.4. The van der Waals surface area contributed by atoms with Gasteiger partial charge < -0.3 is 19.5 Å². The minimum atomic E-state index is -4.57. The molecule has 7 nitrogen and oxygen atoms in total. The fourth-order valence-corrected chi connectivity index (χ4v) is 8.74. The molecule has 3 aromatic carbocycles. The van der Waals surface area contributed by atoms with Crippen LogP contribution in [0.15, 0.2) is 73.1 Å². The zero-order valence-electron chi connectivity index (χ0n) is 27.3. The highest BCUT2D eigenvalue weighted by Gasteiger charge is 2.63. The number of anilines is 1. The number of alkyl halides is 3. The Morgan fingerprint density at radius 2 is 1.77 bits per heavy atom. The number of amides is 1. The first-order chi connectivity index (χ1) is 23.0. The van der Waals surface area contributed by atoms with Crippen LogP contribution in [0.2, 0.25) is 0 Å². The minimum absolute atomic E-state index is 0.0399. The Hall–Kier alpha value is -4.02. The van der Waals surface area contributed by atoms with Crippen LogP contribution in [0.3, 0.4) is 0 Å². The second-order valence-corrected chi connectivity index (χ2v) is 14.9. The van der Waals surface area contributed by atoms with Crippen LogP contribution in [0.5, 0.6) is 0 Å². The van der Waals surface area contributed by atoms with Crippen molar-refractivity contribution in [3.8, 4) is 0 Å². The molecule has 0 bridgehead atoms. The molecule has 10 heteroatoms. The molecule has 1 amide bonds. The van der Waals surface area contributed by atoms with E-state index in [1.807, 2.05) is 54.1 Å². The zero-order valence-corrected chi connectivity index (χ0v) is 27.3. The molecule has 1 aliphatic heterocycles. The molecule has 3 aliphatic carbocycles. The summed E-state index contributed by atoms with van der Waals surface area (Å²) in [6.07, 6.45) is 4.09. The van der Waals surface area contributed by atoms with Gasteiger partial charge in [-0.25, -0.2) is 0 Å². The predicted molar refractivity (Wildman–Crippen MR) is 175 cm³/mol. The maximum atomic E-state index is 14.4. The van der Waals surface area contributed by atoms with Crippen molar-refractivity contribution in [2.24, 2.45) is 12.5 Å². The van der Waals surface area contributed by atoms with Gasteiger partial charge >= 0.3 is 6.18 Å². The molecular weight excluding hydrogens is 615 g/mol. The third-order valence-corrected chi connectivity index (χ3v) is 11.4. The molecule has 8 rings (SSSR count). The number of nitrogens with zero attached hydrogens (tertiary/aromatic N) is 4. The van der Waals surface area contributed by atoms with E-state index in [9.17, 15) is 18.0 Å². The number of halogens is 3. The van der Waals surface area contributed by atoms with Gasteiger partial charge in [0.1, 0.15) is 12.2 Å². The SMILES string of the molecule is Cn1cnnc1C1(c2cccc(N3Cc4c(cc(CNC5(C)CCC5)cc4C(F)(F)F)C3=O)c2)CC2(CC(OCc3ccccc3)C2)C1. The molecule has 1 aromatic heterocycles. The summed E-state index contributed by atoms with van der Waals surface area (Å²) in [7, 11) is 1.94. The summed E-state index contributed by atoms with van der Waals surface area (Å²) in [6.45, 7) is 2.85. The van der Waals surface area contributed by atoms with Gasteiger partial charge in [-0.15, -0.1) is 10.2 Å². The largest absolute Gasteiger partial charge is 0.416 e. The molecule has 1 spiro atoms. The standard InChI is InChI=1S/C38H40F3N5O2/c1-35(12-7-13-35)42-19-26-14-30-31(32(15-26)38(39,40)41)20-46(33(30)47)28-11-6-10-27(16-28)37(34-44-43-24-45(34)2)22-36(23-37)17-29(18-36)48-21-25-8-4-3-5-9-25/h3-6,8-11,14-16,24,29,42H,7,12-13,17-23H2,1-2H3. The van der Waals surface area contributed by atoms with Crippen LogP contribution in [0.25, 0.3) is 0 Å². The van der Waals surface area contributed by atoms with Gasteiger partial charge in [-0.3, -0.25) is 4.79 Å². The number of ether oxygens (including phenoxy) is 1. The van der Waals surface area contributed by atoms with Crippen LogP contribution in [-0.2, 0) is 43.1 Å². The summed E-state index contributed by atoms with van der Waals surface area (Å²) < 4.78 is 51.4. The Bertz CT molecular complexity index is 1850. The topological polar surface area (TPSA) is 72.3 Å². The Balaban J connectivity index is 1.04. The van der Waals surface area contributed by atoms with Crippen molar-refractivity contribution >= 4 is 11.6 Å².